The average Bonchev–Trinajstić information content (AvgIpc) is 2.82. The van der Waals surface area contributed by atoms with Gasteiger partial charge in [-0.05, 0) is 32.9 Å². The van der Waals surface area contributed by atoms with Gasteiger partial charge in [0, 0.05) is 18.2 Å². The number of aromatic nitrogens is 1. The van der Waals surface area contributed by atoms with Gasteiger partial charge >= 0.3 is 0 Å². The minimum absolute atomic E-state index is 0.0691. The van der Waals surface area contributed by atoms with Crippen molar-refractivity contribution in [1.29, 1.82) is 0 Å². The molecule has 0 bridgehead atoms. The minimum atomic E-state index is 0.0691. The third-order valence-electron chi connectivity index (χ3n) is 2.53. The zero-order valence-corrected chi connectivity index (χ0v) is 11.6. The van der Waals surface area contributed by atoms with Gasteiger partial charge < -0.3 is 14.6 Å². The lowest BCUT2D eigenvalue weighted by Crippen LogP contribution is -2.35. The summed E-state index contributed by atoms with van der Waals surface area (Å²) >= 11 is 0. The van der Waals surface area contributed by atoms with Gasteiger partial charge in [0.05, 0.1) is 5.69 Å². The first-order valence-electron chi connectivity index (χ1n) is 6.40. The maximum Gasteiger partial charge on any atom is 0.174 e. The van der Waals surface area contributed by atoms with Crippen molar-refractivity contribution < 1.29 is 9.26 Å². The van der Waals surface area contributed by atoms with Crippen LogP contribution in [0.3, 0.4) is 0 Å². The largest absolute Gasteiger partial charge is 0.486 e. The van der Waals surface area contributed by atoms with Gasteiger partial charge in [-0.1, -0.05) is 23.4 Å². The molecular weight excluding hydrogens is 240 g/mol. The van der Waals surface area contributed by atoms with E-state index in [0.29, 0.717) is 13.2 Å². The fourth-order valence-corrected chi connectivity index (χ4v) is 1.53. The summed E-state index contributed by atoms with van der Waals surface area (Å²) in [6.45, 7) is 7.44. The van der Waals surface area contributed by atoms with Crippen molar-refractivity contribution in [3.8, 4) is 5.75 Å². The van der Waals surface area contributed by atoms with E-state index in [1.54, 1.807) is 0 Å². The van der Waals surface area contributed by atoms with Crippen LogP contribution in [0.2, 0.25) is 0 Å². The number of benzene rings is 1. The fraction of sp³-hybridized carbons (Fsp3) is 0.400. The van der Waals surface area contributed by atoms with Crippen LogP contribution in [-0.4, -0.2) is 10.7 Å². The van der Waals surface area contributed by atoms with Crippen LogP contribution in [0, 0.1) is 0 Å². The second-order valence-corrected chi connectivity index (χ2v) is 5.49. The third kappa shape index (κ3) is 4.75. The average molecular weight is 260 g/mol. The molecule has 1 aromatic carbocycles. The van der Waals surface area contributed by atoms with Gasteiger partial charge in [0.25, 0.3) is 0 Å². The number of ether oxygens (including phenoxy) is 1. The standard InChI is InChI=1S/C15H20N2O2/c1-15(2,3)16-10-12-9-14(19-17-12)11-18-13-7-5-4-6-8-13/h4-9,16H,10-11H2,1-3H3. The number of rotatable bonds is 5. The van der Waals surface area contributed by atoms with Crippen LogP contribution < -0.4 is 10.1 Å². The Bertz CT molecular complexity index is 500. The van der Waals surface area contributed by atoms with Gasteiger partial charge in [-0.2, -0.15) is 0 Å². The molecule has 0 amide bonds. The Morgan fingerprint density at radius 2 is 1.95 bits per heavy atom. The van der Waals surface area contributed by atoms with Gasteiger partial charge in [0.15, 0.2) is 5.76 Å². The van der Waals surface area contributed by atoms with Gasteiger partial charge in [-0.3, -0.25) is 0 Å². The quantitative estimate of drug-likeness (QED) is 0.897. The first-order chi connectivity index (χ1) is 9.03. The van der Waals surface area contributed by atoms with E-state index >= 15 is 0 Å². The smallest absolute Gasteiger partial charge is 0.174 e. The summed E-state index contributed by atoms with van der Waals surface area (Å²) < 4.78 is 10.8. The number of hydrogen-bond donors (Lipinski definition) is 1. The third-order valence-corrected chi connectivity index (χ3v) is 2.53. The number of nitrogens with one attached hydrogen (secondary N) is 1. The Hall–Kier alpha value is -1.81. The van der Waals surface area contributed by atoms with Gasteiger partial charge in [-0.15, -0.1) is 0 Å². The summed E-state index contributed by atoms with van der Waals surface area (Å²) in [6.07, 6.45) is 0. The normalized spacial score (nSPS) is 11.5. The van der Waals surface area contributed by atoms with Gasteiger partial charge in [0.2, 0.25) is 0 Å². The highest BCUT2D eigenvalue weighted by molar-refractivity contribution is 5.21. The van der Waals surface area contributed by atoms with E-state index in [9.17, 15) is 0 Å². The zero-order valence-electron chi connectivity index (χ0n) is 11.6. The number of nitrogens with zero attached hydrogens (tertiary/aromatic N) is 1. The van der Waals surface area contributed by atoms with E-state index in [1.807, 2.05) is 36.4 Å². The van der Waals surface area contributed by atoms with Crippen LogP contribution in [0.15, 0.2) is 40.9 Å². The predicted octanol–water partition coefficient (Wildman–Crippen LogP) is 3.14. The van der Waals surface area contributed by atoms with E-state index in [-0.39, 0.29) is 5.54 Å². The number of hydrogen-bond acceptors (Lipinski definition) is 4. The summed E-state index contributed by atoms with van der Waals surface area (Å²) in [5.74, 6) is 1.56. The molecule has 19 heavy (non-hydrogen) atoms. The predicted molar refractivity (Wildman–Crippen MR) is 73.9 cm³/mol. The van der Waals surface area contributed by atoms with E-state index in [4.69, 9.17) is 9.26 Å². The van der Waals surface area contributed by atoms with Crippen LogP contribution >= 0.6 is 0 Å². The second kappa shape index (κ2) is 5.89. The molecule has 2 aromatic rings. The Morgan fingerprint density at radius 3 is 2.63 bits per heavy atom. The maximum absolute atomic E-state index is 5.60. The molecule has 0 fully saturated rings. The van der Waals surface area contributed by atoms with E-state index in [0.717, 1.165) is 17.2 Å². The van der Waals surface area contributed by atoms with Gasteiger partial charge in [0.1, 0.15) is 12.4 Å². The fourth-order valence-electron chi connectivity index (χ4n) is 1.53. The van der Waals surface area contributed by atoms with Crippen LogP contribution in [0.5, 0.6) is 5.75 Å². The lowest BCUT2D eigenvalue weighted by molar-refractivity contribution is 0.248. The molecule has 0 saturated heterocycles. The van der Waals surface area contributed by atoms with Crippen LogP contribution in [0.1, 0.15) is 32.2 Å². The Morgan fingerprint density at radius 1 is 1.21 bits per heavy atom. The van der Waals surface area contributed by atoms with Crippen molar-refractivity contribution in [2.75, 3.05) is 0 Å². The van der Waals surface area contributed by atoms with E-state index in [2.05, 4.69) is 31.2 Å². The molecule has 0 saturated carbocycles. The second-order valence-electron chi connectivity index (χ2n) is 5.49. The van der Waals surface area contributed by atoms with Crippen LogP contribution in [-0.2, 0) is 13.2 Å². The SMILES string of the molecule is CC(C)(C)NCc1cc(COc2ccccc2)on1. The highest BCUT2D eigenvalue weighted by Gasteiger charge is 2.11. The Labute approximate surface area is 113 Å². The number of para-hydroxylation sites is 1. The molecule has 0 radical (unpaired) electrons. The van der Waals surface area contributed by atoms with Gasteiger partial charge in [-0.25, -0.2) is 0 Å². The minimum Gasteiger partial charge on any atom is -0.486 e. The van der Waals surface area contributed by atoms with E-state index < -0.39 is 0 Å². The first-order valence-corrected chi connectivity index (χ1v) is 6.40. The highest BCUT2D eigenvalue weighted by atomic mass is 16.5. The molecule has 2 rings (SSSR count). The first kappa shape index (κ1) is 13.6. The summed E-state index contributed by atoms with van der Waals surface area (Å²) in [4.78, 5) is 0. The molecule has 0 aliphatic rings. The maximum atomic E-state index is 5.60. The van der Waals surface area contributed by atoms with Crippen molar-refractivity contribution in [3.05, 3.63) is 47.9 Å². The monoisotopic (exact) mass is 260 g/mol. The molecule has 1 heterocycles. The summed E-state index contributed by atoms with van der Waals surface area (Å²) in [5, 5.41) is 7.38. The molecule has 0 atom stereocenters. The molecule has 4 heteroatoms. The molecule has 1 N–H and O–H groups in total. The van der Waals surface area contributed by atoms with Crippen LogP contribution in [0.25, 0.3) is 0 Å². The van der Waals surface area contributed by atoms with Crippen LogP contribution in [0.4, 0.5) is 0 Å². The summed E-state index contributed by atoms with van der Waals surface area (Å²) in [7, 11) is 0. The topological polar surface area (TPSA) is 47.3 Å². The lowest BCUT2D eigenvalue weighted by Gasteiger charge is -2.19. The Balaban J connectivity index is 1.84. The van der Waals surface area contributed by atoms with E-state index in [1.165, 1.54) is 0 Å². The summed E-state index contributed by atoms with van der Waals surface area (Å²) in [6, 6.07) is 11.6. The van der Waals surface area contributed by atoms with Crippen molar-refractivity contribution >= 4 is 0 Å². The Kier molecular flexibility index (Phi) is 4.22. The molecule has 0 unspecified atom stereocenters. The molecular formula is C15H20N2O2. The molecule has 4 nitrogen and oxygen atoms in total. The summed E-state index contributed by atoms with van der Waals surface area (Å²) in [5.41, 5.74) is 0.959. The van der Waals surface area contributed by atoms with Crippen molar-refractivity contribution in [1.82, 2.24) is 10.5 Å². The van der Waals surface area contributed by atoms with Crippen molar-refractivity contribution in [3.63, 3.8) is 0 Å². The molecule has 1 aromatic heterocycles. The molecule has 0 aliphatic carbocycles. The zero-order chi connectivity index (χ0) is 13.7. The van der Waals surface area contributed by atoms with Crippen molar-refractivity contribution in [2.45, 2.75) is 39.5 Å². The lowest BCUT2D eigenvalue weighted by atomic mass is 10.1. The van der Waals surface area contributed by atoms with Crippen molar-refractivity contribution in [2.24, 2.45) is 0 Å². The molecule has 102 valence electrons. The molecule has 0 aliphatic heterocycles. The molecule has 0 spiro atoms. The highest BCUT2D eigenvalue weighted by Crippen LogP contribution is 2.12.